The van der Waals surface area contributed by atoms with Crippen molar-refractivity contribution in [3.05, 3.63) is 0 Å². The third-order valence-electron chi connectivity index (χ3n) is 1.67. The van der Waals surface area contributed by atoms with Crippen LogP contribution in [0.4, 0.5) is 0 Å². The topological polar surface area (TPSA) is 167 Å². The lowest BCUT2D eigenvalue weighted by Gasteiger charge is -2.16. The molecule has 3 unspecified atom stereocenters. The standard InChI is InChI=1S/C7H19O12P3/c1-7(2)4-15-21(10,11)17-6-19-22(12,13)18-5-16-20(8,9)14-3/h7H,4-6H2,1-3H3,(H,8,9)(H,10,11)(H,12,13). The van der Waals surface area contributed by atoms with Crippen molar-refractivity contribution >= 4 is 23.5 Å². The molecule has 3 N–H and O–H groups in total. The van der Waals surface area contributed by atoms with Gasteiger partial charge < -0.3 is 14.7 Å². The number of rotatable bonds is 12. The highest BCUT2D eigenvalue weighted by Gasteiger charge is 2.28. The van der Waals surface area contributed by atoms with E-state index in [1.54, 1.807) is 13.8 Å². The van der Waals surface area contributed by atoms with Gasteiger partial charge in [-0.05, 0) is 5.92 Å². The first kappa shape index (κ1) is 22.3. The second kappa shape index (κ2) is 9.58. The summed E-state index contributed by atoms with van der Waals surface area (Å²) in [6, 6.07) is 0. The molecule has 0 radical (unpaired) electrons. The van der Waals surface area contributed by atoms with Gasteiger partial charge in [0.15, 0.2) is 13.6 Å². The van der Waals surface area contributed by atoms with Crippen LogP contribution in [0.15, 0.2) is 0 Å². The van der Waals surface area contributed by atoms with Crippen LogP contribution in [0, 0.1) is 5.92 Å². The SMILES string of the molecule is COP(=O)(O)OCOP(=O)(O)OCOP(=O)(O)OCC(C)C. The maximum absolute atomic E-state index is 11.3. The summed E-state index contributed by atoms with van der Waals surface area (Å²) in [5.74, 6) is -0.0376. The molecule has 0 spiro atoms. The van der Waals surface area contributed by atoms with Crippen molar-refractivity contribution in [3.63, 3.8) is 0 Å². The quantitative estimate of drug-likeness (QED) is 0.327. The predicted octanol–water partition coefficient (Wildman–Crippen LogP) is 1.59. The van der Waals surface area contributed by atoms with Crippen molar-refractivity contribution in [2.24, 2.45) is 5.92 Å². The van der Waals surface area contributed by atoms with Gasteiger partial charge in [-0.15, -0.1) is 0 Å². The molecule has 0 saturated heterocycles. The Labute approximate surface area is 127 Å². The van der Waals surface area contributed by atoms with Crippen molar-refractivity contribution in [3.8, 4) is 0 Å². The summed E-state index contributed by atoms with van der Waals surface area (Å²) < 4.78 is 58.7. The van der Waals surface area contributed by atoms with Crippen LogP contribution in [0.25, 0.3) is 0 Å². The Kier molecular flexibility index (Phi) is 9.73. The van der Waals surface area contributed by atoms with E-state index < -0.39 is 37.1 Å². The van der Waals surface area contributed by atoms with E-state index in [0.29, 0.717) is 0 Å². The van der Waals surface area contributed by atoms with E-state index in [1.807, 2.05) is 0 Å². The van der Waals surface area contributed by atoms with Crippen molar-refractivity contribution in [2.75, 3.05) is 27.3 Å². The normalized spacial score (nSPS) is 20.3. The van der Waals surface area contributed by atoms with Gasteiger partial charge in [-0.3, -0.25) is 27.1 Å². The van der Waals surface area contributed by atoms with E-state index in [2.05, 4.69) is 27.1 Å². The molecule has 15 heteroatoms. The second-order valence-electron chi connectivity index (χ2n) is 4.03. The van der Waals surface area contributed by atoms with Gasteiger partial charge in [-0.1, -0.05) is 13.8 Å². The van der Waals surface area contributed by atoms with Gasteiger partial charge in [-0.2, -0.15) is 0 Å². The molecule has 0 rings (SSSR count). The molecular formula is C7H19O12P3. The van der Waals surface area contributed by atoms with Crippen LogP contribution in [0.1, 0.15) is 13.8 Å². The maximum Gasteiger partial charge on any atom is 0.476 e. The van der Waals surface area contributed by atoms with Gasteiger partial charge >= 0.3 is 23.5 Å². The molecule has 3 atom stereocenters. The van der Waals surface area contributed by atoms with Crippen LogP contribution in [-0.4, -0.2) is 42.0 Å². The van der Waals surface area contributed by atoms with Crippen LogP contribution in [0.3, 0.4) is 0 Å². The first-order valence-corrected chi connectivity index (χ1v) is 10.1. The molecule has 0 aliphatic carbocycles. The Bertz CT molecular complexity index is 464. The molecule has 0 heterocycles. The van der Waals surface area contributed by atoms with Crippen LogP contribution in [0.2, 0.25) is 0 Å². The number of hydrogen-bond acceptors (Lipinski definition) is 9. The molecule has 0 aromatic carbocycles. The third kappa shape index (κ3) is 11.8. The molecular weight excluding hydrogens is 369 g/mol. The van der Waals surface area contributed by atoms with Gasteiger partial charge in [-0.25, -0.2) is 13.7 Å². The highest BCUT2D eigenvalue weighted by atomic mass is 31.2. The first-order valence-electron chi connectivity index (χ1n) is 5.66. The van der Waals surface area contributed by atoms with Crippen LogP contribution < -0.4 is 0 Å². The van der Waals surface area contributed by atoms with Gasteiger partial charge in [0.1, 0.15) is 0 Å². The summed E-state index contributed by atoms with van der Waals surface area (Å²) in [5, 5.41) is 0. The molecule has 12 nitrogen and oxygen atoms in total. The smallest absolute Gasteiger partial charge is 0.302 e. The Hall–Kier alpha value is 0.330. The lowest BCUT2D eigenvalue weighted by molar-refractivity contribution is 0.00877. The lowest BCUT2D eigenvalue weighted by Crippen LogP contribution is -2.06. The van der Waals surface area contributed by atoms with Crippen LogP contribution >= 0.6 is 23.5 Å². The van der Waals surface area contributed by atoms with Crippen molar-refractivity contribution in [2.45, 2.75) is 13.8 Å². The minimum atomic E-state index is -4.74. The fraction of sp³-hybridized carbons (Fsp3) is 1.00. The summed E-state index contributed by atoms with van der Waals surface area (Å²) in [4.78, 5) is 27.1. The fourth-order valence-corrected chi connectivity index (χ4v) is 2.34. The van der Waals surface area contributed by atoms with Crippen molar-refractivity contribution in [1.29, 1.82) is 0 Å². The largest absolute Gasteiger partial charge is 0.476 e. The predicted molar refractivity (Wildman–Crippen MR) is 71.3 cm³/mol. The van der Waals surface area contributed by atoms with E-state index in [1.165, 1.54) is 0 Å². The zero-order chi connectivity index (χ0) is 17.4. The number of hydrogen-bond donors (Lipinski definition) is 3. The minimum absolute atomic E-state index is 0.0376. The lowest BCUT2D eigenvalue weighted by atomic mass is 10.2. The van der Waals surface area contributed by atoms with E-state index in [9.17, 15) is 18.6 Å². The maximum atomic E-state index is 11.3. The summed E-state index contributed by atoms with van der Waals surface area (Å²) in [6.45, 7) is 1.19. The summed E-state index contributed by atoms with van der Waals surface area (Å²) in [7, 11) is -12.7. The molecule has 0 aliphatic rings. The highest BCUT2D eigenvalue weighted by Crippen LogP contribution is 2.49. The Morgan fingerprint density at radius 1 is 0.773 bits per heavy atom. The fourth-order valence-electron chi connectivity index (χ4n) is 0.684. The number of phosphoric ester groups is 3. The molecule has 0 fully saturated rings. The van der Waals surface area contributed by atoms with Gasteiger partial charge in [0, 0.05) is 7.11 Å². The molecule has 0 aliphatic heterocycles. The van der Waals surface area contributed by atoms with Gasteiger partial charge in [0.05, 0.1) is 6.61 Å². The van der Waals surface area contributed by atoms with Crippen molar-refractivity contribution in [1.82, 2.24) is 0 Å². The third-order valence-corrected chi connectivity index (χ3v) is 4.33. The number of phosphoric acid groups is 3. The Balaban J connectivity index is 4.09. The molecule has 0 amide bonds. The molecule has 0 bridgehead atoms. The van der Waals surface area contributed by atoms with Gasteiger partial charge in [0.2, 0.25) is 0 Å². The summed E-state index contributed by atoms with van der Waals surface area (Å²) in [6.07, 6.45) is 0. The Morgan fingerprint density at radius 2 is 1.14 bits per heavy atom. The second-order valence-corrected chi connectivity index (χ2v) is 8.50. The zero-order valence-corrected chi connectivity index (χ0v) is 14.7. The first-order chi connectivity index (χ1) is 9.89. The summed E-state index contributed by atoms with van der Waals surface area (Å²) >= 11 is 0. The van der Waals surface area contributed by atoms with E-state index in [-0.39, 0.29) is 12.5 Å². The van der Waals surface area contributed by atoms with Gasteiger partial charge in [0.25, 0.3) is 0 Å². The Morgan fingerprint density at radius 3 is 1.50 bits per heavy atom. The minimum Gasteiger partial charge on any atom is -0.302 e. The monoisotopic (exact) mass is 388 g/mol. The van der Waals surface area contributed by atoms with E-state index >= 15 is 0 Å². The van der Waals surface area contributed by atoms with E-state index in [0.717, 1.165) is 7.11 Å². The van der Waals surface area contributed by atoms with Crippen LogP contribution in [0.5, 0.6) is 0 Å². The van der Waals surface area contributed by atoms with E-state index in [4.69, 9.17) is 9.79 Å². The zero-order valence-electron chi connectivity index (χ0n) is 12.1. The summed E-state index contributed by atoms with van der Waals surface area (Å²) in [5.41, 5.74) is 0. The average Bonchev–Trinajstić information content (AvgIpc) is 2.35. The molecule has 22 heavy (non-hydrogen) atoms. The molecule has 0 aromatic heterocycles. The molecule has 0 saturated carbocycles. The average molecular weight is 388 g/mol. The molecule has 0 aromatic rings. The molecule has 134 valence electrons. The van der Waals surface area contributed by atoms with Crippen molar-refractivity contribution < 1.29 is 55.5 Å². The van der Waals surface area contributed by atoms with Crippen LogP contribution in [-0.2, 0) is 40.8 Å². The highest BCUT2D eigenvalue weighted by molar-refractivity contribution is 7.48.